The van der Waals surface area contributed by atoms with Gasteiger partial charge in [0.05, 0.1) is 0 Å². The number of hydrogen-bond acceptors (Lipinski definition) is 3. The number of carbonyl (C=O) groups is 2. The van der Waals surface area contributed by atoms with Gasteiger partial charge in [-0.05, 0) is 61.0 Å². The minimum Gasteiger partial charge on any atom is -0.484 e. The third-order valence-corrected chi connectivity index (χ3v) is 4.36. The Hall–Kier alpha value is -3.31. The molecular weight excluding hydrogens is 376 g/mol. The molecule has 3 aromatic carbocycles. The van der Waals surface area contributed by atoms with Crippen LogP contribution in [0.4, 0.5) is 11.4 Å². The summed E-state index contributed by atoms with van der Waals surface area (Å²) >= 11 is 5.97. The topological polar surface area (TPSA) is 67.4 Å². The van der Waals surface area contributed by atoms with Crippen LogP contribution in [0.3, 0.4) is 0 Å². The highest BCUT2D eigenvalue weighted by atomic mass is 35.5. The number of para-hydroxylation sites is 1. The molecule has 2 N–H and O–H groups in total. The molecule has 142 valence electrons. The summed E-state index contributed by atoms with van der Waals surface area (Å²) in [6, 6.07) is 21.1. The van der Waals surface area contributed by atoms with Gasteiger partial charge in [0.25, 0.3) is 11.8 Å². The Morgan fingerprint density at radius 3 is 2.39 bits per heavy atom. The van der Waals surface area contributed by atoms with E-state index in [0.717, 1.165) is 5.56 Å². The van der Waals surface area contributed by atoms with Gasteiger partial charge in [-0.25, -0.2) is 0 Å². The number of nitrogens with one attached hydrogen (secondary N) is 2. The van der Waals surface area contributed by atoms with Gasteiger partial charge >= 0.3 is 0 Å². The summed E-state index contributed by atoms with van der Waals surface area (Å²) in [7, 11) is 0. The predicted octanol–water partition coefficient (Wildman–Crippen LogP) is 4.92. The summed E-state index contributed by atoms with van der Waals surface area (Å²) in [6.45, 7) is 1.71. The van der Waals surface area contributed by atoms with E-state index in [1.807, 2.05) is 25.1 Å². The second-order valence-electron chi connectivity index (χ2n) is 6.15. The van der Waals surface area contributed by atoms with Crippen molar-refractivity contribution in [2.75, 3.05) is 17.2 Å². The summed E-state index contributed by atoms with van der Waals surface area (Å²) in [5.41, 5.74) is 2.53. The number of benzene rings is 3. The zero-order valence-electron chi connectivity index (χ0n) is 15.2. The largest absolute Gasteiger partial charge is 0.484 e. The minimum atomic E-state index is -0.326. The fraction of sp³-hybridized carbons (Fsp3) is 0.0909. The van der Waals surface area contributed by atoms with Gasteiger partial charge in [0.15, 0.2) is 6.61 Å². The van der Waals surface area contributed by atoms with Crippen LogP contribution in [0, 0.1) is 6.92 Å². The Morgan fingerprint density at radius 2 is 1.64 bits per heavy atom. The van der Waals surface area contributed by atoms with Crippen molar-refractivity contribution in [3.63, 3.8) is 0 Å². The molecule has 5 nitrogen and oxygen atoms in total. The Kier molecular flexibility index (Phi) is 6.29. The Balaban J connectivity index is 1.58. The molecule has 0 spiro atoms. The van der Waals surface area contributed by atoms with E-state index in [0.29, 0.717) is 27.7 Å². The summed E-state index contributed by atoms with van der Waals surface area (Å²) in [6.07, 6.45) is 0. The first-order valence-corrected chi connectivity index (χ1v) is 9.04. The smallest absolute Gasteiger partial charge is 0.262 e. The average Bonchev–Trinajstić information content (AvgIpc) is 2.70. The zero-order chi connectivity index (χ0) is 19.9. The molecule has 0 radical (unpaired) electrons. The molecule has 0 fully saturated rings. The lowest BCUT2D eigenvalue weighted by molar-refractivity contribution is -0.118. The molecule has 0 unspecified atom stereocenters. The first-order chi connectivity index (χ1) is 13.5. The maximum atomic E-state index is 12.4. The Labute approximate surface area is 168 Å². The maximum absolute atomic E-state index is 12.4. The van der Waals surface area contributed by atoms with Crippen LogP contribution in [0.25, 0.3) is 0 Å². The number of hydrogen-bond donors (Lipinski definition) is 2. The van der Waals surface area contributed by atoms with Crippen LogP contribution in [-0.4, -0.2) is 18.4 Å². The Bertz CT molecular complexity index is 990. The second kappa shape index (κ2) is 9.06. The van der Waals surface area contributed by atoms with Crippen molar-refractivity contribution in [1.82, 2.24) is 0 Å². The van der Waals surface area contributed by atoms with Crippen molar-refractivity contribution >= 4 is 34.8 Å². The SMILES string of the molecule is Cc1cc(OCC(=O)Nc2cccc(C(=O)Nc3ccccc3)c2)ccc1Cl. The van der Waals surface area contributed by atoms with E-state index >= 15 is 0 Å². The number of anilines is 2. The van der Waals surface area contributed by atoms with Gasteiger partial charge in [0.1, 0.15) is 5.75 Å². The molecule has 0 saturated heterocycles. The van der Waals surface area contributed by atoms with Gasteiger partial charge in [-0.1, -0.05) is 35.9 Å². The first-order valence-electron chi connectivity index (χ1n) is 8.66. The molecule has 0 saturated carbocycles. The van der Waals surface area contributed by atoms with Crippen LogP contribution in [0.15, 0.2) is 72.8 Å². The van der Waals surface area contributed by atoms with E-state index in [2.05, 4.69) is 10.6 Å². The maximum Gasteiger partial charge on any atom is 0.262 e. The molecule has 0 aliphatic carbocycles. The molecular formula is C22H19ClN2O3. The molecule has 0 atom stereocenters. The molecule has 0 heterocycles. The molecule has 0 aliphatic heterocycles. The third kappa shape index (κ3) is 5.34. The number of carbonyl (C=O) groups excluding carboxylic acids is 2. The number of rotatable bonds is 6. The van der Waals surface area contributed by atoms with Crippen LogP contribution in [-0.2, 0) is 4.79 Å². The second-order valence-corrected chi connectivity index (χ2v) is 6.56. The van der Waals surface area contributed by atoms with Gasteiger partial charge in [-0.3, -0.25) is 9.59 Å². The monoisotopic (exact) mass is 394 g/mol. The molecule has 0 aromatic heterocycles. The van der Waals surface area contributed by atoms with Gasteiger partial charge < -0.3 is 15.4 Å². The minimum absolute atomic E-state index is 0.151. The van der Waals surface area contributed by atoms with Crippen molar-refractivity contribution in [3.8, 4) is 5.75 Å². The molecule has 3 rings (SSSR count). The highest BCUT2D eigenvalue weighted by Crippen LogP contribution is 2.21. The highest BCUT2D eigenvalue weighted by molar-refractivity contribution is 6.31. The van der Waals surface area contributed by atoms with Crippen LogP contribution in [0.1, 0.15) is 15.9 Å². The predicted molar refractivity (Wildman–Crippen MR) is 111 cm³/mol. The zero-order valence-corrected chi connectivity index (χ0v) is 16.0. The summed E-state index contributed by atoms with van der Waals surface area (Å²) in [5.74, 6) is -0.0172. The molecule has 0 aliphatic rings. The lowest BCUT2D eigenvalue weighted by Gasteiger charge is -2.10. The van der Waals surface area contributed by atoms with Crippen LogP contribution >= 0.6 is 11.6 Å². The fourth-order valence-corrected chi connectivity index (χ4v) is 2.63. The molecule has 0 bridgehead atoms. The molecule has 28 heavy (non-hydrogen) atoms. The number of amides is 2. The van der Waals surface area contributed by atoms with Crippen molar-refractivity contribution in [3.05, 3.63) is 88.9 Å². The lowest BCUT2D eigenvalue weighted by atomic mass is 10.2. The van der Waals surface area contributed by atoms with Crippen LogP contribution in [0.5, 0.6) is 5.75 Å². The summed E-state index contributed by atoms with van der Waals surface area (Å²) < 4.78 is 5.48. The molecule has 2 amide bonds. The van der Waals surface area contributed by atoms with E-state index in [9.17, 15) is 9.59 Å². The highest BCUT2D eigenvalue weighted by Gasteiger charge is 2.09. The van der Waals surface area contributed by atoms with E-state index in [4.69, 9.17) is 16.3 Å². The Morgan fingerprint density at radius 1 is 0.893 bits per heavy atom. The van der Waals surface area contributed by atoms with Crippen molar-refractivity contribution < 1.29 is 14.3 Å². The molecule has 3 aromatic rings. The third-order valence-electron chi connectivity index (χ3n) is 3.94. The van der Waals surface area contributed by atoms with Gasteiger partial charge in [0.2, 0.25) is 0 Å². The van der Waals surface area contributed by atoms with Crippen molar-refractivity contribution in [2.45, 2.75) is 6.92 Å². The molecule has 6 heteroatoms. The quantitative estimate of drug-likeness (QED) is 0.623. The van der Waals surface area contributed by atoms with Gasteiger partial charge in [-0.15, -0.1) is 0 Å². The lowest BCUT2D eigenvalue weighted by Crippen LogP contribution is -2.20. The number of aryl methyl sites for hydroxylation is 1. The van der Waals surface area contributed by atoms with Crippen molar-refractivity contribution in [1.29, 1.82) is 0 Å². The normalized spacial score (nSPS) is 10.2. The van der Waals surface area contributed by atoms with E-state index in [1.54, 1.807) is 54.6 Å². The van der Waals surface area contributed by atoms with Crippen LogP contribution < -0.4 is 15.4 Å². The average molecular weight is 395 g/mol. The first kappa shape index (κ1) is 19.5. The van der Waals surface area contributed by atoms with E-state index < -0.39 is 0 Å². The number of ether oxygens (including phenoxy) is 1. The fourth-order valence-electron chi connectivity index (χ4n) is 2.52. The van der Waals surface area contributed by atoms with Crippen molar-refractivity contribution in [2.24, 2.45) is 0 Å². The summed E-state index contributed by atoms with van der Waals surface area (Å²) in [5, 5.41) is 6.18. The summed E-state index contributed by atoms with van der Waals surface area (Å²) in [4.78, 5) is 24.5. The van der Waals surface area contributed by atoms with E-state index in [1.165, 1.54) is 0 Å². The number of halogens is 1. The van der Waals surface area contributed by atoms with Gasteiger partial charge in [-0.2, -0.15) is 0 Å². The van der Waals surface area contributed by atoms with Crippen LogP contribution in [0.2, 0.25) is 5.02 Å². The van der Waals surface area contributed by atoms with E-state index in [-0.39, 0.29) is 18.4 Å². The van der Waals surface area contributed by atoms with Gasteiger partial charge in [0, 0.05) is 22.0 Å². The standard InChI is InChI=1S/C22H19ClN2O3/c1-15-12-19(10-11-20(15)23)28-14-21(26)24-18-9-5-6-16(13-18)22(27)25-17-7-3-2-4-8-17/h2-13H,14H2,1H3,(H,24,26)(H,25,27).